The lowest BCUT2D eigenvalue weighted by molar-refractivity contribution is -0.0674. The Hall–Kier alpha value is -1.51. The first-order chi connectivity index (χ1) is 17.1. The van der Waals surface area contributed by atoms with Crippen molar-refractivity contribution in [1.29, 1.82) is 0 Å². The summed E-state index contributed by atoms with van der Waals surface area (Å²) in [6, 6.07) is 9.57. The highest BCUT2D eigenvalue weighted by molar-refractivity contribution is 5.60. The summed E-state index contributed by atoms with van der Waals surface area (Å²) in [6.45, 7) is 4.52. The predicted molar refractivity (Wildman–Crippen MR) is 146 cm³/mol. The molecule has 3 heteroatoms. The number of hydrogen-bond donors (Lipinski definition) is 0. The van der Waals surface area contributed by atoms with Crippen molar-refractivity contribution < 1.29 is 14.3 Å². The molecule has 3 nitrogen and oxygen atoms in total. The van der Waals surface area contributed by atoms with Crippen LogP contribution in [0.15, 0.2) is 24.3 Å². The molecule has 2 aliphatic carbocycles. The van der Waals surface area contributed by atoms with E-state index in [1.807, 2.05) is 0 Å². The Kier molecular flexibility index (Phi) is 12.0. The molecule has 0 aliphatic heterocycles. The SMILES string of the molecule is CCCCCCCC1(OC(=O)OC)CCC(C2CCC(c3ccc(CCCCC)cc3)CC2)CC1. The fraction of sp³-hybridized carbons (Fsp3) is 0.781. The maximum Gasteiger partial charge on any atom is 0.508 e. The molecule has 0 radical (unpaired) electrons. The smallest absolute Gasteiger partial charge is 0.438 e. The van der Waals surface area contributed by atoms with E-state index in [0.29, 0.717) is 0 Å². The van der Waals surface area contributed by atoms with E-state index in [0.717, 1.165) is 43.4 Å². The molecule has 2 saturated carbocycles. The summed E-state index contributed by atoms with van der Waals surface area (Å²) in [5, 5.41) is 0. The van der Waals surface area contributed by atoms with Gasteiger partial charge in [0.1, 0.15) is 5.60 Å². The predicted octanol–water partition coefficient (Wildman–Crippen LogP) is 9.77. The van der Waals surface area contributed by atoms with Crippen LogP contribution in [0.1, 0.15) is 140 Å². The molecular weight excluding hydrogens is 432 g/mol. The van der Waals surface area contributed by atoms with Crippen LogP contribution >= 0.6 is 0 Å². The van der Waals surface area contributed by atoms with E-state index in [4.69, 9.17) is 9.47 Å². The third kappa shape index (κ3) is 8.83. The molecule has 0 bridgehead atoms. The molecule has 0 aromatic heterocycles. The van der Waals surface area contributed by atoms with Gasteiger partial charge in [0.05, 0.1) is 7.11 Å². The van der Waals surface area contributed by atoms with Gasteiger partial charge in [0, 0.05) is 0 Å². The molecule has 0 amide bonds. The maximum atomic E-state index is 12.0. The molecule has 0 N–H and O–H groups in total. The molecule has 2 fully saturated rings. The van der Waals surface area contributed by atoms with Crippen LogP contribution in [0.4, 0.5) is 4.79 Å². The van der Waals surface area contributed by atoms with Gasteiger partial charge < -0.3 is 9.47 Å². The number of rotatable bonds is 13. The topological polar surface area (TPSA) is 35.5 Å². The monoisotopic (exact) mass is 484 g/mol. The highest BCUT2D eigenvalue weighted by Gasteiger charge is 2.41. The van der Waals surface area contributed by atoms with Gasteiger partial charge >= 0.3 is 6.16 Å². The number of methoxy groups -OCH3 is 1. The van der Waals surface area contributed by atoms with E-state index >= 15 is 0 Å². The van der Waals surface area contributed by atoms with Crippen LogP contribution in [0.5, 0.6) is 0 Å². The first-order valence-electron chi connectivity index (χ1n) is 14.9. The summed E-state index contributed by atoms with van der Waals surface area (Å²) in [5.74, 6) is 2.39. The van der Waals surface area contributed by atoms with Gasteiger partial charge in [-0.2, -0.15) is 0 Å². The van der Waals surface area contributed by atoms with Gasteiger partial charge in [0.2, 0.25) is 0 Å². The maximum absolute atomic E-state index is 12.0. The Balaban J connectivity index is 1.45. The number of hydrogen-bond acceptors (Lipinski definition) is 3. The minimum atomic E-state index is -0.492. The number of aryl methyl sites for hydroxylation is 1. The Morgan fingerprint density at radius 2 is 1.40 bits per heavy atom. The van der Waals surface area contributed by atoms with Gasteiger partial charge in [-0.25, -0.2) is 4.79 Å². The van der Waals surface area contributed by atoms with Crippen LogP contribution < -0.4 is 0 Å². The van der Waals surface area contributed by atoms with Crippen molar-refractivity contribution in [3.05, 3.63) is 35.4 Å². The van der Waals surface area contributed by atoms with Crippen LogP contribution in [-0.4, -0.2) is 18.9 Å². The number of carbonyl (C=O) groups excluding carboxylic acids is 1. The second kappa shape index (κ2) is 14.9. The number of benzene rings is 1. The minimum absolute atomic E-state index is 0.286. The van der Waals surface area contributed by atoms with E-state index in [2.05, 4.69) is 38.1 Å². The molecule has 3 rings (SSSR count). The molecule has 198 valence electrons. The van der Waals surface area contributed by atoms with Crippen molar-refractivity contribution >= 4 is 6.16 Å². The van der Waals surface area contributed by atoms with E-state index in [1.54, 1.807) is 5.56 Å². The van der Waals surface area contributed by atoms with E-state index in [-0.39, 0.29) is 5.60 Å². The summed E-state index contributed by atoms with van der Waals surface area (Å²) in [5.41, 5.74) is 2.77. The summed E-state index contributed by atoms with van der Waals surface area (Å²) >= 11 is 0. The first kappa shape index (κ1) is 28.1. The Labute approximate surface area is 215 Å². The van der Waals surface area contributed by atoms with Crippen LogP contribution in [-0.2, 0) is 15.9 Å². The lowest BCUT2D eigenvalue weighted by Gasteiger charge is -2.43. The summed E-state index contributed by atoms with van der Waals surface area (Å²) < 4.78 is 10.8. The number of unbranched alkanes of at least 4 members (excludes halogenated alkanes) is 6. The molecule has 0 atom stereocenters. The molecule has 0 unspecified atom stereocenters. The third-order valence-electron chi connectivity index (χ3n) is 9.10. The van der Waals surface area contributed by atoms with Crippen LogP contribution in [0, 0.1) is 11.8 Å². The normalized spacial score (nSPS) is 26.9. The second-order valence-corrected chi connectivity index (χ2v) is 11.6. The molecule has 0 spiro atoms. The molecule has 0 heterocycles. The molecule has 1 aromatic rings. The molecule has 0 saturated heterocycles. The van der Waals surface area contributed by atoms with Gasteiger partial charge in [-0.05, 0) is 106 Å². The van der Waals surface area contributed by atoms with Gasteiger partial charge in [-0.1, -0.05) is 76.6 Å². The Morgan fingerprint density at radius 1 is 0.800 bits per heavy atom. The first-order valence-corrected chi connectivity index (χ1v) is 14.9. The van der Waals surface area contributed by atoms with Crippen molar-refractivity contribution in [3.8, 4) is 0 Å². The summed E-state index contributed by atoms with van der Waals surface area (Å²) in [4.78, 5) is 12.0. The Bertz CT molecular complexity index is 709. The van der Waals surface area contributed by atoms with Crippen molar-refractivity contribution in [2.75, 3.05) is 7.11 Å². The van der Waals surface area contributed by atoms with E-state index < -0.39 is 6.16 Å². The highest BCUT2D eigenvalue weighted by Crippen LogP contribution is 2.47. The van der Waals surface area contributed by atoms with Gasteiger partial charge in [-0.15, -0.1) is 0 Å². The average Bonchev–Trinajstić information content (AvgIpc) is 2.90. The standard InChI is InChI=1S/C32H52O3/c1-4-6-8-9-11-23-32(35-31(33)34-3)24-21-30(22-25-32)29-19-17-28(18-20-29)27-15-13-26(14-16-27)12-10-7-5-2/h13-16,28-30H,4-12,17-25H2,1-3H3. The van der Waals surface area contributed by atoms with Gasteiger partial charge in [-0.3, -0.25) is 0 Å². The van der Waals surface area contributed by atoms with Crippen LogP contribution in [0.3, 0.4) is 0 Å². The largest absolute Gasteiger partial charge is 0.508 e. The lowest BCUT2D eigenvalue weighted by atomic mass is 9.66. The quantitative estimate of drug-likeness (QED) is 0.206. The Morgan fingerprint density at radius 3 is 2.03 bits per heavy atom. The number of ether oxygens (including phenoxy) is 2. The lowest BCUT2D eigenvalue weighted by Crippen LogP contribution is -2.40. The average molecular weight is 485 g/mol. The molecular formula is C32H52O3. The van der Waals surface area contributed by atoms with Crippen molar-refractivity contribution in [3.63, 3.8) is 0 Å². The third-order valence-corrected chi connectivity index (χ3v) is 9.10. The zero-order valence-electron chi connectivity index (χ0n) is 23.0. The summed E-state index contributed by atoms with van der Waals surface area (Å²) in [7, 11) is 1.43. The minimum Gasteiger partial charge on any atom is -0.438 e. The fourth-order valence-corrected chi connectivity index (χ4v) is 6.77. The van der Waals surface area contributed by atoms with Gasteiger partial charge in [0.15, 0.2) is 0 Å². The summed E-state index contributed by atoms with van der Waals surface area (Å²) in [6.07, 6.45) is 21.7. The van der Waals surface area contributed by atoms with Crippen molar-refractivity contribution in [2.45, 2.75) is 141 Å². The zero-order valence-corrected chi connectivity index (χ0v) is 23.0. The van der Waals surface area contributed by atoms with Gasteiger partial charge in [0.25, 0.3) is 0 Å². The molecule has 1 aromatic carbocycles. The molecule has 35 heavy (non-hydrogen) atoms. The molecule has 2 aliphatic rings. The highest BCUT2D eigenvalue weighted by atomic mass is 16.7. The van der Waals surface area contributed by atoms with Crippen molar-refractivity contribution in [2.24, 2.45) is 11.8 Å². The second-order valence-electron chi connectivity index (χ2n) is 11.6. The fourth-order valence-electron chi connectivity index (χ4n) is 6.77. The van der Waals surface area contributed by atoms with Crippen molar-refractivity contribution in [1.82, 2.24) is 0 Å². The van der Waals surface area contributed by atoms with Crippen LogP contribution in [0.25, 0.3) is 0 Å². The van der Waals surface area contributed by atoms with Crippen LogP contribution in [0.2, 0.25) is 0 Å². The number of carbonyl (C=O) groups is 1. The van der Waals surface area contributed by atoms with E-state index in [9.17, 15) is 4.79 Å². The zero-order chi connectivity index (χ0) is 24.9. The van der Waals surface area contributed by atoms with E-state index in [1.165, 1.54) is 103 Å².